The zero-order valence-corrected chi connectivity index (χ0v) is 10.8. The number of rotatable bonds is 3. The van der Waals surface area contributed by atoms with Crippen LogP contribution in [0, 0.1) is 16.0 Å². The Kier molecular flexibility index (Phi) is 2.97. The van der Waals surface area contributed by atoms with Crippen LogP contribution in [0.3, 0.4) is 0 Å². The van der Waals surface area contributed by atoms with Gasteiger partial charge in [0.05, 0.1) is 16.5 Å². The molecule has 1 aliphatic heterocycles. The Balaban J connectivity index is 2.04. The van der Waals surface area contributed by atoms with E-state index in [0.29, 0.717) is 0 Å². The number of benzene rings is 1. The van der Waals surface area contributed by atoms with E-state index in [1.807, 2.05) is 0 Å². The highest BCUT2D eigenvalue weighted by molar-refractivity contribution is 5.62. The highest BCUT2D eigenvalue weighted by Crippen LogP contribution is 2.64. The molecule has 1 heterocycles. The van der Waals surface area contributed by atoms with Crippen LogP contribution < -0.4 is 10.4 Å². The van der Waals surface area contributed by atoms with Crippen molar-refractivity contribution in [3.8, 4) is 0 Å². The maximum Gasteiger partial charge on any atom is 0.395 e. The number of hydrogen-bond donors (Lipinski definition) is 1. The zero-order valence-electron chi connectivity index (χ0n) is 10.8. The van der Waals surface area contributed by atoms with E-state index >= 15 is 0 Å². The molecule has 3 rings (SSSR count). The molecule has 0 saturated heterocycles. The van der Waals surface area contributed by atoms with Crippen molar-refractivity contribution in [1.82, 2.24) is 5.43 Å². The number of alkyl halides is 4. The number of anilines is 1. The van der Waals surface area contributed by atoms with Gasteiger partial charge >= 0.3 is 6.18 Å². The maximum atomic E-state index is 14.6. The average Bonchev–Trinajstić information content (AvgIpc) is 2.91. The van der Waals surface area contributed by atoms with Crippen LogP contribution >= 0.6 is 0 Å². The summed E-state index contributed by atoms with van der Waals surface area (Å²) in [4.78, 5) is 10.1. The minimum atomic E-state index is -4.67. The lowest BCUT2D eigenvalue weighted by atomic mass is 10.0. The van der Waals surface area contributed by atoms with Gasteiger partial charge in [-0.15, -0.1) is 0 Å². The molecule has 0 unspecified atom stereocenters. The summed E-state index contributed by atoms with van der Waals surface area (Å²) < 4.78 is 52.8. The maximum absolute atomic E-state index is 14.6. The summed E-state index contributed by atoms with van der Waals surface area (Å²) in [5.74, 6) is -2.12. The molecule has 0 amide bonds. The lowest BCUT2D eigenvalue weighted by molar-refractivity contribution is -0.384. The first-order valence-corrected chi connectivity index (χ1v) is 6.19. The number of nitro groups is 1. The van der Waals surface area contributed by atoms with Crippen LogP contribution in [-0.2, 0) is 5.67 Å². The molecule has 2 atom stereocenters. The van der Waals surface area contributed by atoms with Gasteiger partial charge in [0.15, 0.2) is 0 Å². The van der Waals surface area contributed by atoms with Crippen LogP contribution in [0.4, 0.5) is 28.9 Å². The third-order valence-corrected chi connectivity index (χ3v) is 3.65. The molecular weight excluding hydrogens is 310 g/mol. The third-order valence-electron chi connectivity index (χ3n) is 3.65. The summed E-state index contributed by atoms with van der Waals surface area (Å²) in [6.07, 6.45) is -5.38. The zero-order chi connectivity index (χ0) is 16.1. The Labute approximate surface area is 120 Å². The van der Waals surface area contributed by atoms with Gasteiger partial charge in [-0.2, -0.15) is 13.2 Å². The second-order valence-electron chi connectivity index (χ2n) is 5.02. The van der Waals surface area contributed by atoms with Crippen LogP contribution in [-0.4, -0.2) is 17.8 Å². The van der Waals surface area contributed by atoms with E-state index in [4.69, 9.17) is 0 Å². The molecule has 0 aromatic heterocycles. The monoisotopic (exact) mass is 319 g/mol. The van der Waals surface area contributed by atoms with Crippen molar-refractivity contribution in [3.05, 3.63) is 33.9 Å². The van der Waals surface area contributed by atoms with Crippen molar-refractivity contribution in [1.29, 1.82) is 0 Å². The largest absolute Gasteiger partial charge is 0.395 e. The Hall–Kier alpha value is -2.46. The van der Waals surface area contributed by atoms with E-state index in [0.717, 1.165) is 23.2 Å². The van der Waals surface area contributed by atoms with Gasteiger partial charge in [0.25, 0.3) is 5.69 Å². The standard InChI is InChI=1S/C11H9F4N5O2/c12-10(4-9(10)11(13,14)15)7-2-1-6(20(21)22)3-8(7)19-5-16-17-18-19/h1-3,9H,4-5H2,(H,16,18)/t9-,10-/m1/s1. The second-order valence-corrected chi connectivity index (χ2v) is 5.02. The summed E-state index contributed by atoms with van der Waals surface area (Å²) in [5.41, 5.74) is -0.908. The van der Waals surface area contributed by atoms with Crippen LogP contribution in [0.25, 0.3) is 0 Å². The van der Waals surface area contributed by atoms with Crippen molar-refractivity contribution < 1.29 is 22.5 Å². The molecule has 7 nitrogen and oxygen atoms in total. The minimum absolute atomic E-state index is 0.0130. The number of non-ortho nitro benzene ring substituents is 1. The molecule has 0 bridgehead atoms. The lowest BCUT2D eigenvalue weighted by Crippen LogP contribution is -2.24. The first-order chi connectivity index (χ1) is 10.2. The van der Waals surface area contributed by atoms with E-state index in [-0.39, 0.29) is 23.6 Å². The van der Waals surface area contributed by atoms with Gasteiger partial charge in [-0.05, 0) is 11.3 Å². The number of halogens is 4. The summed E-state index contributed by atoms with van der Waals surface area (Å²) in [6.45, 7) is -0.0130. The first-order valence-electron chi connectivity index (χ1n) is 6.19. The van der Waals surface area contributed by atoms with Gasteiger partial charge in [0.2, 0.25) is 0 Å². The highest BCUT2D eigenvalue weighted by atomic mass is 19.4. The van der Waals surface area contributed by atoms with Crippen molar-refractivity contribution in [2.45, 2.75) is 18.3 Å². The van der Waals surface area contributed by atoms with Gasteiger partial charge in [0.1, 0.15) is 12.3 Å². The fourth-order valence-corrected chi connectivity index (χ4v) is 2.46. The number of hydrogen-bond acceptors (Lipinski definition) is 6. The predicted octanol–water partition coefficient (Wildman–Crippen LogP) is 2.99. The van der Waals surface area contributed by atoms with Crippen molar-refractivity contribution in [2.24, 2.45) is 16.4 Å². The Morgan fingerprint density at radius 3 is 2.68 bits per heavy atom. The normalized spacial score (nSPS) is 26.9. The second kappa shape index (κ2) is 4.52. The molecule has 1 fully saturated rings. The van der Waals surface area contributed by atoms with Crippen molar-refractivity contribution >= 4 is 11.4 Å². The predicted molar refractivity (Wildman–Crippen MR) is 65.4 cm³/mol. The molecule has 0 spiro atoms. The summed E-state index contributed by atoms with van der Waals surface area (Å²) >= 11 is 0. The molecule has 0 radical (unpaired) electrons. The highest BCUT2D eigenvalue weighted by Gasteiger charge is 2.69. The number of nitro benzene ring substituents is 1. The van der Waals surface area contributed by atoms with E-state index < -0.39 is 29.1 Å². The fraction of sp³-hybridized carbons (Fsp3) is 0.455. The SMILES string of the molecule is O=[N+]([O-])c1ccc([C@]2(F)C[C@H]2C(F)(F)F)c(N2CNN=N2)c1. The summed E-state index contributed by atoms with van der Waals surface area (Å²) in [7, 11) is 0. The van der Waals surface area contributed by atoms with E-state index in [1.54, 1.807) is 0 Å². The molecular formula is C11H9F4N5O2. The van der Waals surface area contributed by atoms with Crippen molar-refractivity contribution in [3.63, 3.8) is 0 Å². The number of nitrogens with zero attached hydrogens (tertiary/aromatic N) is 4. The van der Waals surface area contributed by atoms with Crippen LogP contribution in [0.1, 0.15) is 12.0 Å². The van der Waals surface area contributed by atoms with Gasteiger partial charge in [-0.3, -0.25) is 15.5 Å². The fourth-order valence-electron chi connectivity index (χ4n) is 2.46. The minimum Gasteiger partial charge on any atom is -0.269 e. The van der Waals surface area contributed by atoms with Gasteiger partial charge in [0, 0.05) is 24.1 Å². The van der Waals surface area contributed by atoms with Gasteiger partial charge in [-0.1, -0.05) is 5.22 Å². The molecule has 2 aliphatic rings. The molecule has 118 valence electrons. The quantitative estimate of drug-likeness (QED) is 0.527. The number of nitrogens with one attached hydrogen (secondary N) is 1. The molecule has 22 heavy (non-hydrogen) atoms. The molecule has 1 N–H and O–H groups in total. The van der Waals surface area contributed by atoms with Crippen LogP contribution in [0.5, 0.6) is 0 Å². The van der Waals surface area contributed by atoms with E-state index in [2.05, 4.69) is 15.9 Å². The molecule has 1 saturated carbocycles. The van der Waals surface area contributed by atoms with E-state index in [9.17, 15) is 27.7 Å². The first kappa shape index (κ1) is 14.5. The Bertz CT molecular complexity index is 664. The molecule has 11 heteroatoms. The topological polar surface area (TPSA) is 83.1 Å². The van der Waals surface area contributed by atoms with Gasteiger partial charge < -0.3 is 0 Å². The third kappa shape index (κ3) is 2.22. The molecule has 1 aromatic carbocycles. The molecule has 1 aromatic rings. The Morgan fingerprint density at radius 2 is 2.18 bits per heavy atom. The lowest BCUT2D eigenvalue weighted by Gasteiger charge is -2.19. The van der Waals surface area contributed by atoms with Crippen molar-refractivity contribution in [2.75, 3.05) is 11.7 Å². The molecule has 1 aliphatic carbocycles. The van der Waals surface area contributed by atoms with E-state index in [1.165, 1.54) is 0 Å². The average molecular weight is 319 g/mol. The van der Waals surface area contributed by atoms with Crippen LogP contribution in [0.2, 0.25) is 0 Å². The summed E-state index contributed by atoms with van der Waals surface area (Å²) in [6, 6.07) is 2.98. The smallest absolute Gasteiger partial charge is 0.269 e. The van der Waals surface area contributed by atoms with Gasteiger partial charge in [-0.25, -0.2) is 9.40 Å². The summed E-state index contributed by atoms with van der Waals surface area (Å²) in [5, 5.41) is 18.9. The Morgan fingerprint density at radius 1 is 1.45 bits per heavy atom. The van der Waals surface area contributed by atoms with Crippen LogP contribution in [0.15, 0.2) is 28.6 Å².